The number of aliphatic hydroxyl groups excluding tert-OH is 1. The Hall–Kier alpha value is -2.78. The Morgan fingerprint density at radius 1 is 1.08 bits per heavy atom. The molecule has 1 aliphatic rings. The molecule has 1 aliphatic heterocycles. The number of amides is 3. The van der Waals surface area contributed by atoms with E-state index in [1.165, 1.54) is 4.90 Å². The average molecular weight is 529 g/mol. The van der Waals surface area contributed by atoms with E-state index in [0.29, 0.717) is 0 Å². The Morgan fingerprint density at radius 3 is 2.22 bits per heavy atom. The van der Waals surface area contributed by atoms with Gasteiger partial charge in [-0.15, -0.1) is 11.3 Å². The lowest BCUT2D eigenvalue weighted by Gasteiger charge is -2.36. The molecular weight excluding hydrogens is 488 g/mol. The van der Waals surface area contributed by atoms with Crippen LogP contribution in [0.15, 0.2) is 29.8 Å². The summed E-state index contributed by atoms with van der Waals surface area (Å²) in [5, 5.41) is 16.3. The molecule has 3 amide bonds. The molecule has 0 saturated carbocycles. The molecule has 2 aromatic rings. The first-order chi connectivity index (χ1) is 17.1. The number of benzene rings is 1. The molecule has 1 aromatic carbocycles. The number of hydrogen-bond donors (Lipinski definition) is 3. The molecule has 0 bridgehead atoms. The first-order valence-electron chi connectivity index (χ1n) is 12.7. The zero-order chi connectivity index (χ0) is 27.7. The fraction of sp³-hybridized carbons (Fsp3) is 0.571. The zero-order valence-electron chi connectivity index (χ0n) is 23.1. The van der Waals surface area contributed by atoms with Gasteiger partial charge in [-0.1, -0.05) is 65.8 Å². The van der Waals surface area contributed by atoms with Crippen LogP contribution in [0.3, 0.4) is 0 Å². The van der Waals surface area contributed by atoms with Crippen LogP contribution in [0.5, 0.6) is 0 Å². The number of nitrogens with zero attached hydrogens (tertiary/aromatic N) is 2. The zero-order valence-corrected chi connectivity index (χ0v) is 23.9. The highest BCUT2D eigenvalue weighted by Gasteiger charge is 2.45. The van der Waals surface area contributed by atoms with Crippen molar-refractivity contribution >= 4 is 29.1 Å². The van der Waals surface area contributed by atoms with Gasteiger partial charge in [0.05, 0.1) is 28.2 Å². The van der Waals surface area contributed by atoms with Crippen molar-refractivity contribution in [3.8, 4) is 10.4 Å². The molecule has 3 N–H and O–H groups in total. The molecule has 37 heavy (non-hydrogen) atoms. The second kappa shape index (κ2) is 10.9. The number of likely N-dealkylation sites (tertiary alicyclic amines) is 1. The molecule has 0 aliphatic carbocycles. The number of β-amino-alcohol motifs (C(OH)–C–C–N with tert-alkyl or cyclic N) is 1. The molecule has 0 radical (unpaired) electrons. The van der Waals surface area contributed by atoms with E-state index in [-0.39, 0.29) is 36.7 Å². The molecule has 1 saturated heterocycles. The summed E-state index contributed by atoms with van der Waals surface area (Å²) in [6, 6.07) is 6.03. The van der Waals surface area contributed by atoms with Crippen LogP contribution in [0.25, 0.3) is 10.4 Å². The van der Waals surface area contributed by atoms with Crippen LogP contribution in [0.2, 0.25) is 0 Å². The summed E-state index contributed by atoms with van der Waals surface area (Å²) >= 11 is 1.59. The minimum Gasteiger partial charge on any atom is -0.391 e. The number of aliphatic hydroxyl groups is 1. The largest absolute Gasteiger partial charge is 0.391 e. The van der Waals surface area contributed by atoms with Crippen molar-refractivity contribution in [2.45, 2.75) is 86.0 Å². The Balaban J connectivity index is 1.74. The van der Waals surface area contributed by atoms with E-state index in [2.05, 4.69) is 15.6 Å². The monoisotopic (exact) mass is 528 g/mol. The van der Waals surface area contributed by atoms with Crippen molar-refractivity contribution in [3.63, 3.8) is 0 Å². The van der Waals surface area contributed by atoms with Gasteiger partial charge < -0.3 is 20.6 Å². The maximum Gasteiger partial charge on any atom is 0.246 e. The summed E-state index contributed by atoms with van der Waals surface area (Å²) in [6.45, 7) is 14.9. The number of aryl methyl sites for hydroxylation is 1. The van der Waals surface area contributed by atoms with Crippen molar-refractivity contribution in [3.05, 3.63) is 41.0 Å². The topological polar surface area (TPSA) is 112 Å². The Kier molecular flexibility index (Phi) is 8.49. The number of carbonyl (C=O) groups excluding carboxylic acids is 3. The van der Waals surface area contributed by atoms with Gasteiger partial charge in [-0.2, -0.15) is 0 Å². The Labute approximate surface area is 223 Å². The molecule has 9 heteroatoms. The third-order valence-corrected chi connectivity index (χ3v) is 7.69. The summed E-state index contributed by atoms with van der Waals surface area (Å²) in [7, 11) is 0. The Morgan fingerprint density at radius 2 is 1.70 bits per heavy atom. The number of carbonyl (C=O) groups is 3. The normalized spacial score (nSPS) is 19.9. The summed E-state index contributed by atoms with van der Waals surface area (Å²) in [6.07, 6.45) is -0.659. The molecule has 8 nitrogen and oxygen atoms in total. The molecule has 0 unspecified atom stereocenters. The summed E-state index contributed by atoms with van der Waals surface area (Å²) in [5.74, 6) is -0.930. The lowest BCUT2D eigenvalue weighted by atomic mass is 9.84. The summed E-state index contributed by atoms with van der Waals surface area (Å²) < 4.78 is 0. The minimum atomic E-state index is -0.833. The molecule has 4 atom stereocenters. The van der Waals surface area contributed by atoms with Gasteiger partial charge in [-0.05, 0) is 30.4 Å². The maximum absolute atomic E-state index is 13.7. The highest BCUT2D eigenvalue weighted by atomic mass is 32.1. The van der Waals surface area contributed by atoms with Gasteiger partial charge in [0.25, 0.3) is 0 Å². The van der Waals surface area contributed by atoms with Gasteiger partial charge in [-0.3, -0.25) is 14.4 Å². The third-order valence-electron chi connectivity index (χ3n) is 6.71. The van der Waals surface area contributed by atoms with Crippen LogP contribution >= 0.6 is 11.3 Å². The van der Waals surface area contributed by atoms with E-state index in [4.69, 9.17) is 0 Å². The van der Waals surface area contributed by atoms with E-state index < -0.39 is 29.0 Å². The van der Waals surface area contributed by atoms with Crippen molar-refractivity contribution in [2.75, 3.05) is 6.54 Å². The second-order valence-corrected chi connectivity index (χ2v) is 12.9. The quantitative estimate of drug-likeness (QED) is 0.528. The van der Waals surface area contributed by atoms with Crippen LogP contribution in [0, 0.1) is 17.8 Å². The number of thiazole rings is 1. The summed E-state index contributed by atoms with van der Waals surface area (Å²) in [5.41, 5.74) is 3.55. The van der Waals surface area contributed by atoms with E-state index in [1.807, 2.05) is 64.4 Å². The van der Waals surface area contributed by atoms with Crippen molar-refractivity contribution in [2.24, 2.45) is 10.8 Å². The van der Waals surface area contributed by atoms with Crippen LogP contribution in [-0.4, -0.2) is 57.4 Å². The minimum absolute atomic E-state index is 0.0478. The average Bonchev–Trinajstić information content (AvgIpc) is 3.40. The fourth-order valence-corrected chi connectivity index (χ4v) is 5.17. The van der Waals surface area contributed by atoms with Gasteiger partial charge in [0.15, 0.2) is 0 Å². The molecule has 3 rings (SSSR count). The van der Waals surface area contributed by atoms with Gasteiger partial charge in [0, 0.05) is 18.4 Å². The van der Waals surface area contributed by atoms with Gasteiger partial charge in [0.1, 0.15) is 12.1 Å². The fourth-order valence-electron chi connectivity index (χ4n) is 4.36. The predicted octanol–water partition coefficient (Wildman–Crippen LogP) is 3.83. The van der Waals surface area contributed by atoms with Crippen molar-refractivity contribution in [1.82, 2.24) is 20.5 Å². The van der Waals surface area contributed by atoms with Crippen LogP contribution < -0.4 is 10.6 Å². The first kappa shape index (κ1) is 28.8. The standard InChI is InChI=1S/C28H40N4O4S/c1-16(18-9-11-19(12-10-18)22-17(2)29-15-37-22)30-24(34)21-13-20(33)14-32(21)25(35)23(27(3,4)5)31-26(36)28(6,7)8/h9-12,15-16,20-21,23,33H,13-14H2,1-8H3,(H,30,34)(H,31,36)/t16-,20+,21-,23+/m1/s1. The van der Waals surface area contributed by atoms with Gasteiger partial charge in [-0.25, -0.2) is 4.98 Å². The van der Waals surface area contributed by atoms with E-state index in [0.717, 1.165) is 21.7 Å². The van der Waals surface area contributed by atoms with Gasteiger partial charge >= 0.3 is 0 Å². The third kappa shape index (κ3) is 6.76. The Bertz CT molecular complexity index is 1130. The number of hydrogen-bond acceptors (Lipinski definition) is 6. The highest BCUT2D eigenvalue weighted by Crippen LogP contribution is 2.30. The number of rotatable bonds is 6. The van der Waals surface area contributed by atoms with Crippen molar-refractivity contribution < 1.29 is 19.5 Å². The van der Waals surface area contributed by atoms with E-state index in [9.17, 15) is 19.5 Å². The molecule has 202 valence electrons. The smallest absolute Gasteiger partial charge is 0.246 e. The maximum atomic E-state index is 13.7. The second-order valence-electron chi connectivity index (χ2n) is 12.0. The van der Waals surface area contributed by atoms with Crippen LogP contribution in [0.1, 0.15) is 72.2 Å². The van der Waals surface area contributed by atoms with E-state index >= 15 is 0 Å². The molecule has 1 fully saturated rings. The molecule has 0 spiro atoms. The first-order valence-corrected chi connectivity index (χ1v) is 13.6. The lowest BCUT2D eigenvalue weighted by molar-refractivity contribution is -0.145. The van der Waals surface area contributed by atoms with E-state index in [1.54, 1.807) is 32.1 Å². The summed E-state index contributed by atoms with van der Waals surface area (Å²) in [4.78, 5) is 46.6. The molecule has 2 heterocycles. The predicted molar refractivity (Wildman–Crippen MR) is 146 cm³/mol. The van der Waals surface area contributed by atoms with Crippen LogP contribution in [0.4, 0.5) is 0 Å². The number of aromatic nitrogens is 1. The van der Waals surface area contributed by atoms with Crippen LogP contribution in [-0.2, 0) is 14.4 Å². The lowest BCUT2D eigenvalue weighted by Crippen LogP contribution is -2.59. The molecule has 1 aromatic heterocycles. The van der Waals surface area contributed by atoms with Gasteiger partial charge in [0.2, 0.25) is 17.7 Å². The SMILES string of the molecule is Cc1ncsc1-c1ccc([C@@H](C)NC(=O)[C@H]2C[C@H](O)CN2C(=O)[C@H](NC(=O)C(C)(C)C)C(C)(C)C)cc1. The van der Waals surface area contributed by atoms with Crippen molar-refractivity contribution in [1.29, 1.82) is 0 Å². The molecular formula is C28H40N4O4S. The number of nitrogens with one attached hydrogen (secondary N) is 2. The highest BCUT2D eigenvalue weighted by molar-refractivity contribution is 7.13.